The monoisotopic (exact) mass is 190 g/mol. The van der Waals surface area contributed by atoms with Crippen molar-refractivity contribution in [1.82, 2.24) is 0 Å². The van der Waals surface area contributed by atoms with Crippen LogP contribution in [0, 0.1) is 0 Å². The Morgan fingerprint density at radius 3 is 2.54 bits per heavy atom. The summed E-state index contributed by atoms with van der Waals surface area (Å²) in [6, 6.07) is 0. The molecule has 5 nitrogen and oxygen atoms in total. The van der Waals surface area contributed by atoms with Crippen LogP contribution in [0.3, 0.4) is 0 Å². The van der Waals surface area contributed by atoms with Crippen LogP contribution in [0.5, 0.6) is 0 Å². The lowest BCUT2D eigenvalue weighted by atomic mass is 10.1. The molecule has 0 radical (unpaired) electrons. The minimum atomic E-state index is -1.11. The zero-order valence-electron chi connectivity index (χ0n) is 7.17. The molecular formula is C8H14O5. The molecule has 4 atom stereocenters. The van der Waals surface area contributed by atoms with Gasteiger partial charge in [-0.1, -0.05) is 6.08 Å². The summed E-state index contributed by atoms with van der Waals surface area (Å²) in [7, 11) is 0. The molecule has 5 heteroatoms. The highest BCUT2D eigenvalue weighted by atomic mass is 16.7. The van der Waals surface area contributed by atoms with Crippen LogP contribution in [0.25, 0.3) is 0 Å². The molecule has 0 aliphatic carbocycles. The van der Waals surface area contributed by atoms with Gasteiger partial charge in [-0.2, -0.15) is 0 Å². The van der Waals surface area contributed by atoms with Crippen LogP contribution in [-0.4, -0.2) is 53.1 Å². The number of aliphatic hydroxyl groups is 3. The fraction of sp³-hybridized carbons (Fsp3) is 0.750. The van der Waals surface area contributed by atoms with Crippen molar-refractivity contribution >= 4 is 0 Å². The lowest BCUT2D eigenvalue weighted by Gasteiger charge is -2.13. The molecule has 0 bridgehead atoms. The standard InChI is InChI=1S/C8H14O5/c1-2-3-12-8-7(11)6(10)5(4-9)13-8/h2,5-11H,1,3-4H2/t5-,6+,7-,8+/m1/s1. The highest BCUT2D eigenvalue weighted by Crippen LogP contribution is 2.21. The topological polar surface area (TPSA) is 79.2 Å². The van der Waals surface area contributed by atoms with E-state index in [4.69, 9.17) is 14.6 Å². The minimum Gasteiger partial charge on any atom is -0.394 e. The first kappa shape index (κ1) is 10.6. The molecule has 3 N–H and O–H groups in total. The molecule has 0 aromatic heterocycles. The van der Waals surface area contributed by atoms with Gasteiger partial charge in [0.2, 0.25) is 0 Å². The Morgan fingerprint density at radius 1 is 1.38 bits per heavy atom. The Bertz CT molecular complexity index is 172. The van der Waals surface area contributed by atoms with Crippen molar-refractivity contribution < 1.29 is 24.8 Å². The summed E-state index contributed by atoms with van der Waals surface area (Å²) < 4.78 is 10.0. The molecule has 1 fully saturated rings. The van der Waals surface area contributed by atoms with E-state index < -0.39 is 24.6 Å². The zero-order valence-corrected chi connectivity index (χ0v) is 7.17. The molecule has 0 unspecified atom stereocenters. The van der Waals surface area contributed by atoms with Crippen molar-refractivity contribution in [3.05, 3.63) is 12.7 Å². The summed E-state index contributed by atoms with van der Waals surface area (Å²) >= 11 is 0. The van der Waals surface area contributed by atoms with Crippen molar-refractivity contribution in [1.29, 1.82) is 0 Å². The maximum atomic E-state index is 9.34. The molecule has 1 aliphatic heterocycles. The second-order valence-electron chi connectivity index (χ2n) is 2.83. The molecule has 1 rings (SSSR count). The van der Waals surface area contributed by atoms with Gasteiger partial charge in [-0.25, -0.2) is 0 Å². The van der Waals surface area contributed by atoms with Crippen LogP contribution < -0.4 is 0 Å². The Labute approximate surface area is 76.2 Å². The van der Waals surface area contributed by atoms with Crippen LogP contribution in [0.2, 0.25) is 0 Å². The second kappa shape index (κ2) is 4.69. The first-order chi connectivity index (χ1) is 6.20. The van der Waals surface area contributed by atoms with Crippen molar-refractivity contribution in [2.24, 2.45) is 0 Å². The molecule has 1 heterocycles. The average Bonchev–Trinajstić information content (AvgIpc) is 2.41. The maximum Gasteiger partial charge on any atom is 0.187 e. The number of hydrogen-bond acceptors (Lipinski definition) is 5. The van der Waals surface area contributed by atoms with E-state index >= 15 is 0 Å². The van der Waals surface area contributed by atoms with E-state index in [9.17, 15) is 10.2 Å². The number of ether oxygens (including phenoxy) is 2. The largest absolute Gasteiger partial charge is 0.394 e. The van der Waals surface area contributed by atoms with Gasteiger partial charge in [0.25, 0.3) is 0 Å². The normalized spacial score (nSPS) is 39.3. The second-order valence-corrected chi connectivity index (χ2v) is 2.83. The predicted molar refractivity (Wildman–Crippen MR) is 43.9 cm³/mol. The van der Waals surface area contributed by atoms with Gasteiger partial charge in [0.1, 0.15) is 18.3 Å². The first-order valence-electron chi connectivity index (χ1n) is 4.05. The summed E-state index contributed by atoms with van der Waals surface area (Å²) in [5.41, 5.74) is 0. The smallest absolute Gasteiger partial charge is 0.187 e. The van der Waals surface area contributed by atoms with Gasteiger partial charge >= 0.3 is 0 Å². The van der Waals surface area contributed by atoms with Crippen LogP contribution in [-0.2, 0) is 9.47 Å². The minimum absolute atomic E-state index is 0.229. The molecule has 0 amide bonds. The molecule has 0 aromatic carbocycles. The van der Waals surface area contributed by atoms with Crippen molar-refractivity contribution in [3.63, 3.8) is 0 Å². The van der Waals surface area contributed by atoms with E-state index in [1.54, 1.807) is 0 Å². The fourth-order valence-corrected chi connectivity index (χ4v) is 1.17. The van der Waals surface area contributed by atoms with Gasteiger partial charge < -0.3 is 24.8 Å². The third-order valence-electron chi connectivity index (χ3n) is 1.88. The van der Waals surface area contributed by atoms with E-state index in [-0.39, 0.29) is 13.2 Å². The molecule has 1 aliphatic rings. The number of rotatable bonds is 4. The van der Waals surface area contributed by atoms with Gasteiger partial charge in [0.05, 0.1) is 13.2 Å². The third kappa shape index (κ3) is 2.26. The molecular weight excluding hydrogens is 176 g/mol. The van der Waals surface area contributed by atoms with Crippen molar-refractivity contribution in [2.75, 3.05) is 13.2 Å². The van der Waals surface area contributed by atoms with E-state index in [0.29, 0.717) is 0 Å². The summed E-state index contributed by atoms with van der Waals surface area (Å²) in [6.45, 7) is 3.32. The van der Waals surface area contributed by atoms with E-state index in [1.165, 1.54) is 6.08 Å². The van der Waals surface area contributed by atoms with Crippen LogP contribution in [0.4, 0.5) is 0 Å². The van der Waals surface area contributed by atoms with Gasteiger partial charge in [0.15, 0.2) is 6.29 Å². The maximum absolute atomic E-state index is 9.34. The highest BCUT2D eigenvalue weighted by Gasteiger charge is 2.42. The average molecular weight is 190 g/mol. The van der Waals surface area contributed by atoms with Crippen LogP contribution in [0.15, 0.2) is 12.7 Å². The molecule has 76 valence electrons. The van der Waals surface area contributed by atoms with Crippen LogP contribution in [0.1, 0.15) is 0 Å². The van der Waals surface area contributed by atoms with E-state index in [0.717, 1.165) is 0 Å². The summed E-state index contributed by atoms with van der Waals surface area (Å²) in [6.07, 6.45) is -2.36. The Balaban J connectivity index is 2.45. The predicted octanol–water partition coefficient (Wildman–Crippen LogP) is -1.37. The molecule has 13 heavy (non-hydrogen) atoms. The lowest BCUT2D eigenvalue weighted by molar-refractivity contribution is -0.162. The van der Waals surface area contributed by atoms with Crippen molar-refractivity contribution in [2.45, 2.75) is 24.6 Å². The highest BCUT2D eigenvalue weighted by molar-refractivity contribution is 4.86. The number of hydrogen-bond donors (Lipinski definition) is 3. The molecule has 0 aromatic rings. The third-order valence-corrected chi connectivity index (χ3v) is 1.88. The molecule has 0 saturated carbocycles. The molecule has 0 spiro atoms. The van der Waals surface area contributed by atoms with E-state index in [1.807, 2.05) is 0 Å². The van der Waals surface area contributed by atoms with Gasteiger partial charge in [0, 0.05) is 0 Å². The SMILES string of the molecule is C=CCO[C@H]1O[C@H](CO)[C@H](O)[C@H]1O. The first-order valence-corrected chi connectivity index (χ1v) is 4.05. The summed E-state index contributed by atoms with van der Waals surface area (Å²) in [5, 5.41) is 27.4. The van der Waals surface area contributed by atoms with Gasteiger partial charge in [-0.3, -0.25) is 0 Å². The van der Waals surface area contributed by atoms with Crippen molar-refractivity contribution in [3.8, 4) is 0 Å². The number of aliphatic hydroxyl groups excluding tert-OH is 3. The summed E-state index contributed by atoms with van der Waals surface area (Å²) in [4.78, 5) is 0. The van der Waals surface area contributed by atoms with Gasteiger partial charge in [-0.05, 0) is 0 Å². The zero-order chi connectivity index (χ0) is 9.84. The Kier molecular flexibility index (Phi) is 3.83. The Morgan fingerprint density at radius 2 is 2.08 bits per heavy atom. The van der Waals surface area contributed by atoms with Crippen LogP contribution >= 0.6 is 0 Å². The van der Waals surface area contributed by atoms with E-state index in [2.05, 4.69) is 6.58 Å². The summed E-state index contributed by atoms with van der Waals surface area (Å²) in [5.74, 6) is 0. The lowest BCUT2D eigenvalue weighted by Crippen LogP contribution is -2.34. The fourth-order valence-electron chi connectivity index (χ4n) is 1.17. The molecule has 1 saturated heterocycles. The Hall–Kier alpha value is -0.460. The van der Waals surface area contributed by atoms with Gasteiger partial charge in [-0.15, -0.1) is 6.58 Å². The quantitative estimate of drug-likeness (QED) is 0.476.